The highest BCUT2D eigenvalue weighted by Gasteiger charge is 2.13. The predicted octanol–water partition coefficient (Wildman–Crippen LogP) is 3.61. The van der Waals surface area contributed by atoms with E-state index in [1.165, 1.54) is 0 Å². The fourth-order valence-corrected chi connectivity index (χ4v) is 2.09. The van der Waals surface area contributed by atoms with Crippen LogP contribution in [0.4, 0.5) is 0 Å². The highest BCUT2D eigenvalue weighted by molar-refractivity contribution is 6.30. The van der Waals surface area contributed by atoms with Crippen LogP contribution >= 0.6 is 11.6 Å². The van der Waals surface area contributed by atoms with Crippen LogP contribution < -0.4 is 5.32 Å². The SMILES string of the molecule is COCc1ccc(C(=O)NCC(C)c2ccc(Cl)cc2)o1. The number of rotatable bonds is 6. The molecule has 0 aliphatic carbocycles. The van der Waals surface area contributed by atoms with Crippen LogP contribution in [0.1, 0.15) is 34.7 Å². The summed E-state index contributed by atoms with van der Waals surface area (Å²) in [6, 6.07) is 11.0. The number of carbonyl (C=O) groups excluding carboxylic acids is 1. The number of hydrogen-bond donors (Lipinski definition) is 1. The zero-order chi connectivity index (χ0) is 15.2. The summed E-state index contributed by atoms with van der Waals surface area (Å²) >= 11 is 5.86. The molecular weight excluding hydrogens is 290 g/mol. The molecule has 21 heavy (non-hydrogen) atoms. The van der Waals surface area contributed by atoms with Gasteiger partial charge in [-0.2, -0.15) is 0 Å². The van der Waals surface area contributed by atoms with Crippen molar-refractivity contribution < 1.29 is 13.9 Å². The van der Waals surface area contributed by atoms with Crippen molar-refractivity contribution in [3.8, 4) is 0 Å². The van der Waals surface area contributed by atoms with E-state index in [1.54, 1.807) is 19.2 Å². The lowest BCUT2D eigenvalue weighted by Gasteiger charge is -2.12. The summed E-state index contributed by atoms with van der Waals surface area (Å²) < 4.78 is 10.3. The normalized spacial score (nSPS) is 12.1. The Balaban J connectivity index is 1.89. The average Bonchev–Trinajstić information content (AvgIpc) is 2.94. The van der Waals surface area contributed by atoms with Gasteiger partial charge in [-0.15, -0.1) is 0 Å². The summed E-state index contributed by atoms with van der Waals surface area (Å²) in [6.07, 6.45) is 0. The smallest absolute Gasteiger partial charge is 0.287 e. The third kappa shape index (κ3) is 4.34. The van der Waals surface area contributed by atoms with E-state index in [0.717, 1.165) is 5.56 Å². The second-order valence-corrected chi connectivity index (χ2v) is 5.30. The molecule has 0 fully saturated rings. The third-order valence-corrected chi connectivity index (χ3v) is 3.43. The summed E-state index contributed by atoms with van der Waals surface area (Å²) in [4.78, 5) is 12.0. The first-order chi connectivity index (χ1) is 10.1. The Morgan fingerprint density at radius 1 is 1.29 bits per heavy atom. The molecule has 1 aromatic carbocycles. The van der Waals surface area contributed by atoms with Crippen LogP contribution in [-0.4, -0.2) is 19.6 Å². The zero-order valence-electron chi connectivity index (χ0n) is 12.1. The molecule has 0 radical (unpaired) electrons. The number of methoxy groups -OCH3 is 1. The molecule has 1 amide bonds. The molecule has 4 nitrogen and oxygen atoms in total. The van der Waals surface area contributed by atoms with Crippen LogP contribution in [0.2, 0.25) is 5.02 Å². The summed E-state index contributed by atoms with van der Waals surface area (Å²) in [5, 5.41) is 3.57. The van der Waals surface area contributed by atoms with Gasteiger partial charge in [-0.3, -0.25) is 4.79 Å². The first kappa shape index (κ1) is 15.6. The van der Waals surface area contributed by atoms with Gasteiger partial charge < -0.3 is 14.5 Å². The predicted molar refractivity (Wildman–Crippen MR) is 81.6 cm³/mol. The van der Waals surface area contributed by atoms with Crippen LogP contribution in [0.25, 0.3) is 0 Å². The number of hydrogen-bond acceptors (Lipinski definition) is 3. The van der Waals surface area contributed by atoms with Gasteiger partial charge in [0.05, 0.1) is 0 Å². The third-order valence-electron chi connectivity index (χ3n) is 3.18. The lowest BCUT2D eigenvalue weighted by Crippen LogP contribution is -2.27. The monoisotopic (exact) mass is 307 g/mol. The van der Waals surface area contributed by atoms with E-state index in [9.17, 15) is 4.79 Å². The number of nitrogens with one attached hydrogen (secondary N) is 1. The van der Waals surface area contributed by atoms with Crippen LogP contribution in [0, 0.1) is 0 Å². The van der Waals surface area contributed by atoms with Gasteiger partial charge in [0.15, 0.2) is 5.76 Å². The van der Waals surface area contributed by atoms with E-state index in [2.05, 4.69) is 5.32 Å². The van der Waals surface area contributed by atoms with Crippen LogP contribution in [0.5, 0.6) is 0 Å². The van der Waals surface area contributed by atoms with Crippen LogP contribution in [0.15, 0.2) is 40.8 Å². The largest absolute Gasteiger partial charge is 0.453 e. The van der Waals surface area contributed by atoms with Gasteiger partial charge in [-0.1, -0.05) is 30.7 Å². The highest BCUT2D eigenvalue weighted by Crippen LogP contribution is 2.17. The quantitative estimate of drug-likeness (QED) is 0.887. The van der Waals surface area contributed by atoms with Crippen molar-refractivity contribution in [2.75, 3.05) is 13.7 Å². The van der Waals surface area contributed by atoms with Crippen LogP contribution in [0.3, 0.4) is 0 Å². The van der Waals surface area contributed by atoms with Gasteiger partial charge >= 0.3 is 0 Å². The summed E-state index contributed by atoms with van der Waals surface area (Å²) in [6.45, 7) is 2.93. The highest BCUT2D eigenvalue weighted by atomic mass is 35.5. The van der Waals surface area contributed by atoms with Crippen molar-refractivity contribution in [1.82, 2.24) is 5.32 Å². The second-order valence-electron chi connectivity index (χ2n) is 4.86. The number of furan rings is 1. The zero-order valence-corrected chi connectivity index (χ0v) is 12.8. The molecular formula is C16H18ClNO3. The molecule has 2 rings (SSSR count). The molecule has 0 saturated carbocycles. The average molecular weight is 308 g/mol. The first-order valence-corrected chi connectivity index (χ1v) is 7.09. The van der Waals surface area contributed by atoms with E-state index < -0.39 is 0 Å². The molecule has 5 heteroatoms. The number of amides is 1. The Morgan fingerprint density at radius 3 is 2.67 bits per heavy atom. The molecule has 112 valence electrons. The fraction of sp³-hybridized carbons (Fsp3) is 0.312. The second kappa shape index (κ2) is 7.29. The lowest BCUT2D eigenvalue weighted by atomic mass is 10.0. The number of halogens is 1. The number of benzene rings is 1. The van der Waals surface area contributed by atoms with Crippen molar-refractivity contribution in [1.29, 1.82) is 0 Å². The molecule has 0 spiro atoms. The van der Waals surface area contributed by atoms with Crippen molar-refractivity contribution >= 4 is 17.5 Å². The fourth-order valence-electron chi connectivity index (χ4n) is 1.96. The standard InChI is InChI=1S/C16H18ClNO3/c1-11(12-3-5-13(17)6-4-12)9-18-16(19)15-8-7-14(21-15)10-20-2/h3-8,11H,9-10H2,1-2H3,(H,18,19). The molecule has 1 unspecified atom stereocenters. The molecule has 1 heterocycles. The number of carbonyl (C=O) groups is 1. The number of ether oxygens (including phenoxy) is 1. The lowest BCUT2D eigenvalue weighted by molar-refractivity contribution is 0.0915. The van der Waals surface area contributed by atoms with E-state index in [4.69, 9.17) is 20.8 Å². The maximum Gasteiger partial charge on any atom is 0.287 e. The van der Waals surface area contributed by atoms with Gasteiger partial charge in [0.2, 0.25) is 0 Å². The van der Waals surface area contributed by atoms with E-state index in [1.807, 2.05) is 31.2 Å². The van der Waals surface area contributed by atoms with Crippen molar-refractivity contribution in [2.45, 2.75) is 19.4 Å². The molecule has 0 aliphatic heterocycles. The molecule has 0 saturated heterocycles. The van der Waals surface area contributed by atoms with Gasteiger partial charge in [0, 0.05) is 18.7 Å². The minimum absolute atomic E-state index is 0.194. The van der Waals surface area contributed by atoms with E-state index >= 15 is 0 Å². The molecule has 1 atom stereocenters. The Bertz CT molecular complexity index is 592. The van der Waals surface area contributed by atoms with Gasteiger partial charge in [-0.05, 0) is 35.7 Å². The van der Waals surface area contributed by atoms with Crippen molar-refractivity contribution in [3.05, 3.63) is 58.5 Å². The van der Waals surface area contributed by atoms with Gasteiger partial charge in [-0.25, -0.2) is 0 Å². The minimum Gasteiger partial charge on any atom is -0.453 e. The minimum atomic E-state index is -0.224. The first-order valence-electron chi connectivity index (χ1n) is 6.71. The maximum atomic E-state index is 12.0. The molecule has 1 aromatic heterocycles. The van der Waals surface area contributed by atoms with E-state index in [-0.39, 0.29) is 11.8 Å². The molecule has 0 bridgehead atoms. The van der Waals surface area contributed by atoms with E-state index in [0.29, 0.717) is 29.7 Å². The van der Waals surface area contributed by atoms with Gasteiger partial charge in [0.1, 0.15) is 12.4 Å². The Morgan fingerprint density at radius 2 is 2.00 bits per heavy atom. The maximum absolute atomic E-state index is 12.0. The Hall–Kier alpha value is -1.78. The van der Waals surface area contributed by atoms with Gasteiger partial charge in [0.25, 0.3) is 5.91 Å². The van der Waals surface area contributed by atoms with Crippen molar-refractivity contribution in [2.24, 2.45) is 0 Å². The molecule has 0 aliphatic rings. The molecule has 2 aromatic rings. The Kier molecular flexibility index (Phi) is 5.42. The molecule has 1 N–H and O–H groups in total. The topological polar surface area (TPSA) is 51.5 Å². The van der Waals surface area contributed by atoms with Crippen molar-refractivity contribution in [3.63, 3.8) is 0 Å². The van der Waals surface area contributed by atoms with Crippen LogP contribution in [-0.2, 0) is 11.3 Å². The summed E-state index contributed by atoms with van der Waals surface area (Å²) in [5.74, 6) is 0.900. The summed E-state index contributed by atoms with van der Waals surface area (Å²) in [7, 11) is 1.58. The Labute approximate surface area is 129 Å². The summed E-state index contributed by atoms with van der Waals surface area (Å²) in [5.41, 5.74) is 1.12.